The summed E-state index contributed by atoms with van der Waals surface area (Å²) in [7, 11) is 0. The summed E-state index contributed by atoms with van der Waals surface area (Å²) in [6.07, 6.45) is 5.35. The highest BCUT2D eigenvalue weighted by molar-refractivity contribution is 5.48. The van der Waals surface area contributed by atoms with Crippen LogP contribution in [0.5, 0.6) is 0 Å². The van der Waals surface area contributed by atoms with Crippen molar-refractivity contribution in [2.24, 2.45) is 0 Å². The van der Waals surface area contributed by atoms with Gasteiger partial charge in [-0.3, -0.25) is 0 Å². The van der Waals surface area contributed by atoms with Gasteiger partial charge in [0, 0.05) is 23.9 Å². The van der Waals surface area contributed by atoms with Crippen LogP contribution in [-0.4, -0.2) is 27.7 Å². The second kappa shape index (κ2) is 5.45. The Labute approximate surface area is 102 Å². The molecule has 0 amide bonds. The van der Waals surface area contributed by atoms with Crippen molar-refractivity contribution < 1.29 is 5.11 Å². The molecular formula is C13H21N3O. The summed E-state index contributed by atoms with van der Waals surface area (Å²) in [5, 5.41) is 12.3. The first kappa shape index (κ1) is 12.3. The number of hydrogen-bond donors (Lipinski definition) is 2. The summed E-state index contributed by atoms with van der Waals surface area (Å²) >= 11 is 0. The predicted molar refractivity (Wildman–Crippen MR) is 68.2 cm³/mol. The van der Waals surface area contributed by atoms with Crippen LogP contribution in [-0.2, 0) is 12.8 Å². The third-order valence-electron chi connectivity index (χ3n) is 3.24. The number of rotatable bonds is 4. The van der Waals surface area contributed by atoms with Crippen LogP contribution in [0.15, 0.2) is 0 Å². The molecule has 1 aliphatic carbocycles. The summed E-state index contributed by atoms with van der Waals surface area (Å²) in [4.78, 5) is 9.03. The van der Waals surface area contributed by atoms with Gasteiger partial charge in [0.15, 0.2) is 0 Å². The third kappa shape index (κ3) is 2.94. The van der Waals surface area contributed by atoms with Crippen molar-refractivity contribution in [3.05, 3.63) is 17.1 Å². The van der Waals surface area contributed by atoms with Gasteiger partial charge in [-0.1, -0.05) is 0 Å². The van der Waals surface area contributed by atoms with Crippen LogP contribution in [0.25, 0.3) is 0 Å². The van der Waals surface area contributed by atoms with Crippen molar-refractivity contribution in [1.82, 2.24) is 9.97 Å². The molecule has 1 aromatic rings. The molecule has 0 spiro atoms. The molecular weight excluding hydrogens is 214 g/mol. The van der Waals surface area contributed by atoms with E-state index >= 15 is 0 Å². The highest BCUT2D eigenvalue weighted by Gasteiger charge is 2.17. The summed E-state index contributed by atoms with van der Waals surface area (Å²) < 4.78 is 0. The second-order valence-electron chi connectivity index (χ2n) is 4.81. The van der Waals surface area contributed by atoms with Crippen LogP contribution < -0.4 is 5.32 Å². The fraction of sp³-hybridized carbons (Fsp3) is 0.692. The Morgan fingerprint density at radius 1 is 1.29 bits per heavy atom. The Morgan fingerprint density at radius 3 is 2.82 bits per heavy atom. The summed E-state index contributed by atoms with van der Waals surface area (Å²) in [5.41, 5.74) is 2.49. The van der Waals surface area contributed by atoms with E-state index in [1.54, 1.807) is 0 Å². The zero-order chi connectivity index (χ0) is 12.3. The van der Waals surface area contributed by atoms with Gasteiger partial charge >= 0.3 is 0 Å². The second-order valence-corrected chi connectivity index (χ2v) is 4.81. The van der Waals surface area contributed by atoms with Crippen LogP contribution in [0.4, 0.5) is 5.82 Å². The molecule has 0 aliphatic heterocycles. The standard InChI is InChI=1S/C13H21N3O/c1-9(7-8-17)14-13-11-5-3-4-6-12(11)15-10(2)16-13/h9,17H,3-8H2,1-2H3,(H,14,15,16). The number of fused-ring (bicyclic) bond motifs is 1. The number of aliphatic hydroxyl groups excluding tert-OH is 1. The molecule has 1 heterocycles. The van der Waals surface area contributed by atoms with Crippen LogP contribution in [0.2, 0.25) is 0 Å². The van der Waals surface area contributed by atoms with Crippen molar-refractivity contribution in [3.63, 3.8) is 0 Å². The summed E-state index contributed by atoms with van der Waals surface area (Å²) in [6, 6.07) is 0.250. The van der Waals surface area contributed by atoms with E-state index in [1.165, 1.54) is 24.1 Å². The monoisotopic (exact) mass is 235 g/mol. The molecule has 1 atom stereocenters. The summed E-state index contributed by atoms with van der Waals surface area (Å²) in [5.74, 6) is 1.82. The van der Waals surface area contributed by atoms with Crippen LogP contribution in [0, 0.1) is 6.92 Å². The number of aromatic nitrogens is 2. The van der Waals surface area contributed by atoms with Gasteiger partial charge in [-0.2, -0.15) is 0 Å². The molecule has 0 bridgehead atoms. The first-order valence-electron chi connectivity index (χ1n) is 6.44. The molecule has 0 saturated heterocycles. The van der Waals surface area contributed by atoms with E-state index in [2.05, 4.69) is 22.2 Å². The van der Waals surface area contributed by atoms with E-state index in [0.717, 1.165) is 30.9 Å². The third-order valence-corrected chi connectivity index (χ3v) is 3.24. The summed E-state index contributed by atoms with van der Waals surface area (Å²) in [6.45, 7) is 4.22. The molecule has 0 aromatic carbocycles. The lowest BCUT2D eigenvalue weighted by Crippen LogP contribution is -2.21. The Kier molecular flexibility index (Phi) is 3.94. The SMILES string of the molecule is Cc1nc2c(c(NC(C)CCO)n1)CCCC2. The van der Waals surface area contributed by atoms with Crippen LogP contribution in [0.1, 0.15) is 43.3 Å². The number of anilines is 1. The molecule has 0 fully saturated rings. The Morgan fingerprint density at radius 2 is 2.06 bits per heavy atom. The molecule has 1 unspecified atom stereocenters. The van der Waals surface area contributed by atoms with E-state index < -0.39 is 0 Å². The zero-order valence-electron chi connectivity index (χ0n) is 10.7. The van der Waals surface area contributed by atoms with Gasteiger partial charge < -0.3 is 10.4 Å². The van der Waals surface area contributed by atoms with E-state index in [4.69, 9.17) is 5.11 Å². The van der Waals surface area contributed by atoms with Gasteiger partial charge in [0.2, 0.25) is 0 Å². The molecule has 2 rings (SSSR count). The number of aliphatic hydroxyl groups is 1. The van der Waals surface area contributed by atoms with Crippen molar-refractivity contribution in [1.29, 1.82) is 0 Å². The highest BCUT2D eigenvalue weighted by atomic mass is 16.3. The van der Waals surface area contributed by atoms with E-state index in [1.807, 2.05) is 6.92 Å². The highest BCUT2D eigenvalue weighted by Crippen LogP contribution is 2.25. The maximum atomic E-state index is 8.93. The first-order valence-corrected chi connectivity index (χ1v) is 6.44. The number of hydrogen-bond acceptors (Lipinski definition) is 4. The Bertz CT molecular complexity index is 392. The van der Waals surface area contributed by atoms with Crippen molar-refractivity contribution in [2.45, 2.75) is 52.0 Å². The largest absolute Gasteiger partial charge is 0.396 e. The smallest absolute Gasteiger partial charge is 0.133 e. The van der Waals surface area contributed by atoms with Crippen molar-refractivity contribution >= 4 is 5.82 Å². The van der Waals surface area contributed by atoms with E-state index in [0.29, 0.717) is 0 Å². The number of nitrogens with one attached hydrogen (secondary N) is 1. The van der Waals surface area contributed by atoms with Gasteiger partial charge in [0.25, 0.3) is 0 Å². The van der Waals surface area contributed by atoms with E-state index in [-0.39, 0.29) is 12.6 Å². The average molecular weight is 235 g/mol. The molecule has 4 nitrogen and oxygen atoms in total. The Hall–Kier alpha value is -1.16. The Balaban J connectivity index is 2.23. The van der Waals surface area contributed by atoms with Crippen LogP contribution in [0.3, 0.4) is 0 Å². The first-order chi connectivity index (χ1) is 8.20. The molecule has 1 aromatic heterocycles. The fourth-order valence-corrected chi connectivity index (χ4v) is 2.34. The topological polar surface area (TPSA) is 58.0 Å². The molecule has 1 aliphatic rings. The molecule has 17 heavy (non-hydrogen) atoms. The van der Waals surface area contributed by atoms with Gasteiger partial charge in [-0.25, -0.2) is 9.97 Å². The normalized spacial score (nSPS) is 16.4. The molecule has 2 N–H and O–H groups in total. The zero-order valence-corrected chi connectivity index (χ0v) is 10.7. The van der Waals surface area contributed by atoms with Crippen LogP contribution >= 0.6 is 0 Å². The lowest BCUT2D eigenvalue weighted by atomic mass is 9.96. The van der Waals surface area contributed by atoms with E-state index in [9.17, 15) is 0 Å². The van der Waals surface area contributed by atoms with Crippen molar-refractivity contribution in [3.8, 4) is 0 Å². The minimum atomic E-state index is 0.209. The van der Waals surface area contributed by atoms with Gasteiger partial charge in [-0.15, -0.1) is 0 Å². The number of nitrogens with zero attached hydrogens (tertiary/aromatic N) is 2. The minimum absolute atomic E-state index is 0.209. The molecule has 4 heteroatoms. The van der Waals surface area contributed by atoms with Crippen molar-refractivity contribution in [2.75, 3.05) is 11.9 Å². The van der Waals surface area contributed by atoms with Gasteiger partial charge in [0.1, 0.15) is 11.6 Å². The maximum Gasteiger partial charge on any atom is 0.133 e. The number of aryl methyl sites for hydroxylation is 2. The lowest BCUT2D eigenvalue weighted by molar-refractivity contribution is 0.282. The molecule has 0 radical (unpaired) electrons. The predicted octanol–water partition coefficient (Wildman–Crippen LogP) is 1.85. The quantitative estimate of drug-likeness (QED) is 0.836. The molecule has 0 saturated carbocycles. The van der Waals surface area contributed by atoms with Gasteiger partial charge in [0.05, 0.1) is 0 Å². The van der Waals surface area contributed by atoms with Gasteiger partial charge in [-0.05, 0) is 46.0 Å². The lowest BCUT2D eigenvalue weighted by Gasteiger charge is -2.21. The fourth-order valence-electron chi connectivity index (χ4n) is 2.34. The molecule has 94 valence electrons. The minimum Gasteiger partial charge on any atom is -0.396 e. The maximum absolute atomic E-state index is 8.93. The average Bonchev–Trinajstić information content (AvgIpc) is 2.29.